The van der Waals surface area contributed by atoms with Gasteiger partial charge in [0.1, 0.15) is 0 Å². The SMILES string of the molecule is CCCNC(Cc1ccccc1Br)C1CC2CCC1O2. The van der Waals surface area contributed by atoms with Gasteiger partial charge in [0.2, 0.25) is 0 Å². The van der Waals surface area contributed by atoms with E-state index in [1.54, 1.807) is 0 Å². The van der Waals surface area contributed by atoms with E-state index in [0.29, 0.717) is 24.2 Å². The lowest BCUT2D eigenvalue weighted by Crippen LogP contribution is -2.42. The highest BCUT2D eigenvalue weighted by atomic mass is 79.9. The van der Waals surface area contributed by atoms with Crippen molar-refractivity contribution in [1.82, 2.24) is 5.32 Å². The smallest absolute Gasteiger partial charge is 0.0623 e. The zero-order chi connectivity index (χ0) is 13.9. The molecule has 0 amide bonds. The highest BCUT2D eigenvalue weighted by molar-refractivity contribution is 9.10. The molecule has 2 saturated heterocycles. The van der Waals surface area contributed by atoms with Crippen LogP contribution in [0.15, 0.2) is 28.7 Å². The Morgan fingerprint density at radius 1 is 1.35 bits per heavy atom. The van der Waals surface area contributed by atoms with Crippen LogP contribution in [0.2, 0.25) is 0 Å². The number of rotatable bonds is 6. The van der Waals surface area contributed by atoms with Crippen molar-refractivity contribution < 1.29 is 4.74 Å². The van der Waals surface area contributed by atoms with Gasteiger partial charge in [-0.2, -0.15) is 0 Å². The Bertz CT molecular complexity index is 450. The molecule has 2 bridgehead atoms. The molecule has 2 heterocycles. The molecule has 0 aromatic heterocycles. The summed E-state index contributed by atoms with van der Waals surface area (Å²) in [5.41, 5.74) is 1.41. The van der Waals surface area contributed by atoms with Crippen LogP contribution in [0.5, 0.6) is 0 Å². The molecule has 4 unspecified atom stereocenters. The molecule has 2 aliphatic rings. The Morgan fingerprint density at radius 2 is 2.20 bits per heavy atom. The lowest BCUT2D eigenvalue weighted by atomic mass is 9.81. The second-order valence-electron chi connectivity index (χ2n) is 6.13. The van der Waals surface area contributed by atoms with Crippen molar-refractivity contribution in [3.8, 4) is 0 Å². The highest BCUT2D eigenvalue weighted by Crippen LogP contribution is 2.41. The Morgan fingerprint density at radius 3 is 2.85 bits per heavy atom. The first-order chi connectivity index (χ1) is 9.78. The second-order valence-corrected chi connectivity index (χ2v) is 6.98. The molecule has 0 aliphatic carbocycles. The van der Waals surface area contributed by atoms with Crippen LogP contribution < -0.4 is 5.32 Å². The van der Waals surface area contributed by atoms with Crippen LogP contribution in [0.4, 0.5) is 0 Å². The normalized spacial score (nSPS) is 29.8. The topological polar surface area (TPSA) is 21.3 Å². The van der Waals surface area contributed by atoms with Crippen molar-refractivity contribution in [3.63, 3.8) is 0 Å². The number of nitrogens with one attached hydrogen (secondary N) is 1. The summed E-state index contributed by atoms with van der Waals surface area (Å²) in [6.45, 7) is 3.34. The number of fused-ring (bicyclic) bond motifs is 2. The molecule has 1 N–H and O–H groups in total. The Labute approximate surface area is 130 Å². The molecule has 0 spiro atoms. The van der Waals surface area contributed by atoms with E-state index >= 15 is 0 Å². The fourth-order valence-electron chi connectivity index (χ4n) is 3.71. The minimum atomic E-state index is 0.497. The second kappa shape index (κ2) is 6.59. The van der Waals surface area contributed by atoms with Crippen LogP contribution in [0.25, 0.3) is 0 Å². The lowest BCUT2D eigenvalue weighted by Gasteiger charge is -2.30. The van der Waals surface area contributed by atoms with E-state index < -0.39 is 0 Å². The van der Waals surface area contributed by atoms with Crippen molar-refractivity contribution in [2.75, 3.05) is 6.54 Å². The van der Waals surface area contributed by atoms with E-state index in [9.17, 15) is 0 Å². The number of benzene rings is 1. The number of halogens is 1. The standard InChI is InChI=1S/C17H24BrNO/c1-2-9-19-16(10-12-5-3-4-6-15(12)18)14-11-13-7-8-17(14)20-13/h3-6,13-14,16-17,19H,2,7-11H2,1H3. The highest BCUT2D eigenvalue weighted by Gasteiger charge is 2.44. The van der Waals surface area contributed by atoms with Crippen molar-refractivity contribution in [3.05, 3.63) is 34.3 Å². The van der Waals surface area contributed by atoms with Crippen LogP contribution in [0.3, 0.4) is 0 Å². The third-order valence-corrected chi connectivity index (χ3v) is 5.50. The quantitative estimate of drug-likeness (QED) is 0.849. The number of hydrogen-bond donors (Lipinski definition) is 1. The predicted octanol–water partition coefficient (Wildman–Crippen LogP) is 3.93. The van der Waals surface area contributed by atoms with Crippen molar-refractivity contribution >= 4 is 15.9 Å². The van der Waals surface area contributed by atoms with Crippen LogP contribution in [-0.2, 0) is 11.2 Å². The van der Waals surface area contributed by atoms with Gasteiger partial charge in [-0.15, -0.1) is 0 Å². The van der Waals surface area contributed by atoms with Gasteiger partial charge in [0.05, 0.1) is 12.2 Å². The van der Waals surface area contributed by atoms with Gasteiger partial charge in [0.25, 0.3) is 0 Å². The molecule has 110 valence electrons. The van der Waals surface area contributed by atoms with Crippen LogP contribution in [0.1, 0.15) is 38.2 Å². The molecule has 0 saturated carbocycles. The molecule has 20 heavy (non-hydrogen) atoms. The van der Waals surface area contributed by atoms with E-state index in [1.165, 1.54) is 35.7 Å². The van der Waals surface area contributed by atoms with Gasteiger partial charge in [-0.05, 0) is 50.3 Å². The fourth-order valence-corrected chi connectivity index (χ4v) is 4.15. The molecule has 3 rings (SSSR count). The average Bonchev–Trinajstić information content (AvgIpc) is 3.08. The zero-order valence-corrected chi connectivity index (χ0v) is 13.7. The largest absolute Gasteiger partial charge is 0.375 e. The zero-order valence-electron chi connectivity index (χ0n) is 12.1. The van der Waals surface area contributed by atoms with E-state index in [2.05, 4.69) is 52.4 Å². The van der Waals surface area contributed by atoms with Crippen LogP contribution >= 0.6 is 15.9 Å². The molecular formula is C17H24BrNO. The van der Waals surface area contributed by atoms with E-state index in [-0.39, 0.29) is 0 Å². The summed E-state index contributed by atoms with van der Waals surface area (Å²) in [5, 5.41) is 3.77. The molecule has 3 heteroatoms. The van der Waals surface area contributed by atoms with Crippen molar-refractivity contribution in [2.24, 2.45) is 5.92 Å². The van der Waals surface area contributed by atoms with E-state index in [4.69, 9.17) is 4.74 Å². The van der Waals surface area contributed by atoms with Gasteiger partial charge in [-0.25, -0.2) is 0 Å². The van der Waals surface area contributed by atoms with Crippen molar-refractivity contribution in [1.29, 1.82) is 0 Å². The van der Waals surface area contributed by atoms with Gasteiger partial charge in [-0.3, -0.25) is 0 Å². The third kappa shape index (κ3) is 3.10. The summed E-state index contributed by atoms with van der Waals surface area (Å²) in [6, 6.07) is 9.14. The predicted molar refractivity (Wildman–Crippen MR) is 85.9 cm³/mol. The van der Waals surface area contributed by atoms with Crippen LogP contribution in [-0.4, -0.2) is 24.8 Å². The summed E-state index contributed by atoms with van der Waals surface area (Å²) in [4.78, 5) is 0. The molecule has 2 fully saturated rings. The summed E-state index contributed by atoms with van der Waals surface area (Å²) in [6.07, 6.45) is 7.10. The molecule has 1 aromatic carbocycles. The maximum atomic E-state index is 6.06. The summed E-state index contributed by atoms with van der Waals surface area (Å²) in [5.74, 6) is 0.687. The van der Waals surface area contributed by atoms with Gasteiger partial charge < -0.3 is 10.1 Å². The minimum Gasteiger partial charge on any atom is -0.375 e. The third-order valence-electron chi connectivity index (χ3n) is 4.72. The monoisotopic (exact) mass is 337 g/mol. The first kappa shape index (κ1) is 14.6. The molecule has 2 nitrogen and oxygen atoms in total. The maximum absolute atomic E-state index is 6.06. The van der Waals surface area contributed by atoms with Gasteiger partial charge in [0, 0.05) is 16.4 Å². The van der Waals surface area contributed by atoms with Gasteiger partial charge >= 0.3 is 0 Å². The lowest BCUT2D eigenvalue weighted by molar-refractivity contribution is 0.0857. The molecule has 1 aromatic rings. The van der Waals surface area contributed by atoms with E-state index in [0.717, 1.165) is 13.0 Å². The van der Waals surface area contributed by atoms with Gasteiger partial charge in [0.15, 0.2) is 0 Å². The minimum absolute atomic E-state index is 0.497. The van der Waals surface area contributed by atoms with Crippen molar-refractivity contribution in [2.45, 2.75) is 57.3 Å². The Balaban J connectivity index is 1.71. The van der Waals surface area contributed by atoms with Gasteiger partial charge in [-0.1, -0.05) is 41.1 Å². The molecule has 2 aliphatic heterocycles. The molecular weight excluding hydrogens is 314 g/mol. The Kier molecular flexibility index (Phi) is 4.79. The summed E-state index contributed by atoms with van der Waals surface area (Å²) in [7, 11) is 0. The summed E-state index contributed by atoms with van der Waals surface area (Å²) < 4.78 is 7.29. The van der Waals surface area contributed by atoms with E-state index in [1.807, 2.05) is 0 Å². The average molecular weight is 338 g/mol. The first-order valence-corrected chi connectivity index (χ1v) is 8.69. The maximum Gasteiger partial charge on any atom is 0.0623 e. The fraction of sp³-hybridized carbons (Fsp3) is 0.647. The summed E-state index contributed by atoms with van der Waals surface area (Å²) >= 11 is 3.68. The Hall–Kier alpha value is -0.380. The molecule has 0 radical (unpaired) electrons. The van der Waals surface area contributed by atoms with Crippen LogP contribution in [0, 0.1) is 5.92 Å². The molecule has 4 atom stereocenters. The first-order valence-electron chi connectivity index (χ1n) is 7.90. The number of hydrogen-bond acceptors (Lipinski definition) is 2. The number of ether oxygens (including phenoxy) is 1.